The van der Waals surface area contributed by atoms with Crippen molar-refractivity contribution in [3.8, 4) is 0 Å². The summed E-state index contributed by atoms with van der Waals surface area (Å²) < 4.78 is 32.5. The molecule has 0 saturated carbocycles. The second-order valence-corrected chi connectivity index (χ2v) is 11.4. The molecule has 3 rings (SSSR count). The average Bonchev–Trinajstić information content (AvgIpc) is 3.21. The summed E-state index contributed by atoms with van der Waals surface area (Å²) in [4.78, 5) is 28.9. The van der Waals surface area contributed by atoms with Gasteiger partial charge in [0.2, 0.25) is 15.9 Å². The number of nitrogens with zero attached hydrogens (tertiary/aromatic N) is 2. The number of amides is 2. The summed E-state index contributed by atoms with van der Waals surface area (Å²) in [6, 6.07) is 7.21. The molecule has 1 aromatic heterocycles. The highest BCUT2D eigenvalue weighted by Crippen LogP contribution is 2.20. The van der Waals surface area contributed by atoms with Gasteiger partial charge in [0.05, 0.1) is 24.7 Å². The lowest BCUT2D eigenvalue weighted by molar-refractivity contribution is -0.133. The number of nitrogens with one attached hydrogen (secondary N) is 1. The maximum absolute atomic E-state index is 13.1. The van der Waals surface area contributed by atoms with Gasteiger partial charge in [-0.3, -0.25) is 9.59 Å². The summed E-state index contributed by atoms with van der Waals surface area (Å²) in [5, 5.41) is 4.80. The largest absolute Gasteiger partial charge is 0.379 e. The van der Waals surface area contributed by atoms with Crippen LogP contribution >= 0.6 is 11.3 Å². The number of hydrogen-bond donors (Lipinski definition) is 1. The van der Waals surface area contributed by atoms with Crippen LogP contribution in [0.2, 0.25) is 0 Å². The number of carbonyl (C=O) groups is 2. The Labute approximate surface area is 199 Å². The van der Waals surface area contributed by atoms with Crippen molar-refractivity contribution in [2.45, 2.75) is 38.3 Å². The normalized spacial score (nSPS) is 15.9. The number of aryl methyl sites for hydroxylation is 1. The van der Waals surface area contributed by atoms with Crippen molar-refractivity contribution in [2.24, 2.45) is 5.92 Å². The van der Waals surface area contributed by atoms with Gasteiger partial charge in [-0.2, -0.15) is 4.31 Å². The third-order valence-electron chi connectivity index (χ3n) is 5.65. The van der Waals surface area contributed by atoms with Gasteiger partial charge in [0, 0.05) is 30.6 Å². The SMILES string of the molecule is Cc1ccsc1CN(C)C(=O)[C@H](NC(=O)c1cccc(S(=O)(=O)N2CCOCC2)c1)C(C)C. The summed E-state index contributed by atoms with van der Waals surface area (Å²) in [5.41, 5.74) is 1.32. The lowest BCUT2D eigenvalue weighted by Gasteiger charge is -2.27. The van der Waals surface area contributed by atoms with Crippen LogP contribution in [0.1, 0.15) is 34.6 Å². The van der Waals surface area contributed by atoms with Crippen molar-refractivity contribution in [2.75, 3.05) is 33.4 Å². The van der Waals surface area contributed by atoms with Crippen LogP contribution in [0.4, 0.5) is 0 Å². The van der Waals surface area contributed by atoms with Gasteiger partial charge >= 0.3 is 0 Å². The first-order valence-corrected chi connectivity index (χ1v) is 13.2. The van der Waals surface area contributed by atoms with E-state index in [-0.39, 0.29) is 35.4 Å². The third kappa shape index (κ3) is 6.00. The van der Waals surface area contributed by atoms with Crippen molar-refractivity contribution in [1.82, 2.24) is 14.5 Å². The molecule has 1 atom stereocenters. The van der Waals surface area contributed by atoms with Crippen molar-refractivity contribution in [3.63, 3.8) is 0 Å². The molecule has 0 spiro atoms. The number of carbonyl (C=O) groups excluding carboxylic acids is 2. The first-order valence-electron chi connectivity index (χ1n) is 10.9. The van der Waals surface area contributed by atoms with E-state index >= 15 is 0 Å². The van der Waals surface area contributed by atoms with E-state index in [0.717, 1.165) is 10.4 Å². The minimum Gasteiger partial charge on any atom is -0.379 e. The maximum Gasteiger partial charge on any atom is 0.251 e. The average molecular weight is 494 g/mol. The molecule has 10 heteroatoms. The van der Waals surface area contributed by atoms with Crippen LogP contribution < -0.4 is 5.32 Å². The Hall–Kier alpha value is -2.27. The van der Waals surface area contributed by atoms with Crippen LogP contribution in [0.15, 0.2) is 40.6 Å². The van der Waals surface area contributed by atoms with Gasteiger partial charge < -0.3 is 15.0 Å². The molecular weight excluding hydrogens is 462 g/mol. The number of likely N-dealkylation sites (N-methyl/N-ethyl adjacent to an activating group) is 1. The fraction of sp³-hybridized carbons (Fsp3) is 0.478. The van der Waals surface area contributed by atoms with Gasteiger partial charge in [-0.25, -0.2) is 8.42 Å². The smallest absolute Gasteiger partial charge is 0.251 e. The summed E-state index contributed by atoms with van der Waals surface area (Å²) in [6.07, 6.45) is 0. The van der Waals surface area contributed by atoms with Crippen LogP contribution in [0.25, 0.3) is 0 Å². The Bertz CT molecular complexity index is 1090. The number of thiophene rings is 1. The molecule has 0 aliphatic carbocycles. The molecule has 1 aliphatic heterocycles. The molecule has 2 heterocycles. The topological polar surface area (TPSA) is 96.0 Å². The highest BCUT2D eigenvalue weighted by molar-refractivity contribution is 7.89. The van der Waals surface area contributed by atoms with E-state index in [0.29, 0.717) is 19.8 Å². The van der Waals surface area contributed by atoms with Crippen LogP contribution in [0.3, 0.4) is 0 Å². The van der Waals surface area contributed by atoms with E-state index in [2.05, 4.69) is 5.32 Å². The summed E-state index contributed by atoms with van der Waals surface area (Å²) in [7, 11) is -2.01. The van der Waals surface area contributed by atoms with Crippen LogP contribution in [0.5, 0.6) is 0 Å². The molecule has 2 amide bonds. The molecule has 0 bridgehead atoms. The Morgan fingerprint density at radius 2 is 1.91 bits per heavy atom. The molecule has 33 heavy (non-hydrogen) atoms. The minimum atomic E-state index is -3.73. The first-order chi connectivity index (χ1) is 15.6. The van der Waals surface area contributed by atoms with Crippen LogP contribution in [-0.2, 0) is 26.1 Å². The van der Waals surface area contributed by atoms with Crippen LogP contribution in [-0.4, -0.2) is 68.8 Å². The van der Waals surface area contributed by atoms with Gasteiger partial charge in [0.25, 0.3) is 5.91 Å². The Balaban J connectivity index is 1.74. The predicted molar refractivity (Wildman–Crippen MR) is 128 cm³/mol. The fourth-order valence-electron chi connectivity index (χ4n) is 3.57. The number of rotatable bonds is 8. The molecule has 1 N–H and O–H groups in total. The van der Waals surface area contributed by atoms with E-state index in [9.17, 15) is 18.0 Å². The monoisotopic (exact) mass is 493 g/mol. The highest BCUT2D eigenvalue weighted by Gasteiger charge is 2.30. The van der Waals surface area contributed by atoms with E-state index in [1.807, 2.05) is 32.2 Å². The standard InChI is InChI=1S/C23H31N3O5S2/c1-16(2)21(23(28)25(4)15-20-17(3)8-13-32-20)24-22(27)18-6-5-7-19(14-18)33(29,30)26-9-11-31-12-10-26/h5-8,13-14,16,21H,9-12,15H2,1-4H3,(H,24,27)/t21-/m1/s1. The van der Waals surface area contributed by atoms with Gasteiger partial charge in [-0.05, 0) is 48.1 Å². The van der Waals surface area contributed by atoms with Crippen molar-refractivity contribution in [3.05, 3.63) is 51.7 Å². The molecular formula is C23H31N3O5S2. The van der Waals surface area contributed by atoms with Gasteiger partial charge in [0.1, 0.15) is 6.04 Å². The molecule has 1 aromatic carbocycles. The van der Waals surface area contributed by atoms with E-state index in [4.69, 9.17) is 4.74 Å². The molecule has 8 nitrogen and oxygen atoms in total. The van der Waals surface area contributed by atoms with Crippen molar-refractivity contribution >= 4 is 33.2 Å². The molecule has 0 unspecified atom stereocenters. The van der Waals surface area contributed by atoms with Crippen molar-refractivity contribution < 1.29 is 22.7 Å². The van der Waals surface area contributed by atoms with Gasteiger partial charge in [-0.1, -0.05) is 19.9 Å². The zero-order valence-electron chi connectivity index (χ0n) is 19.4. The van der Waals surface area contributed by atoms with Crippen molar-refractivity contribution in [1.29, 1.82) is 0 Å². The van der Waals surface area contributed by atoms with Gasteiger partial charge in [0.15, 0.2) is 0 Å². The first kappa shape index (κ1) is 25.4. The zero-order valence-corrected chi connectivity index (χ0v) is 21.0. The molecule has 180 valence electrons. The van der Waals surface area contributed by atoms with Crippen LogP contribution in [0, 0.1) is 12.8 Å². The number of hydrogen-bond acceptors (Lipinski definition) is 6. The fourth-order valence-corrected chi connectivity index (χ4v) is 5.98. The second kappa shape index (κ2) is 10.8. The lowest BCUT2D eigenvalue weighted by Crippen LogP contribution is -2.50. The summed E-state index contributed by atoms with van der Waals surface area (Å²) in [6.45, 7) is 7.45. The minimum absolute atomic E-state index is 0.0507. The van der Waals surface area contributed by atoms with E-state index in [1.165, 1.54) is 16.4 Å². The number of ether oxygens (including phenoxy) is 1. The van der Waals surface area contributed by atoms with E-state index < -0.39 is 22.0 Å². The molecule has 0 radical (unpaired) electrons. The molecule has 1 aliphatic rings. The highest BCUT2D eigenvalue weighted by atomic mass is 32.2. The maximum atomic E-state index is 13.1. The predicted octanol–water partition coefficient (Wildman–Crippen LogP) is 2.49. The Morgan fingerprint density at radius 3 is 2.52 bits per heavy atom. The quantitative estimate of drug-likeness (QED) is 0.610. The number of benzene rings is 1. The summed E-state index contributed by atoms with van der Waals surface area (Å²) >= 11 is 1.59. The third-order valence-corrected chi connectivity index (χ3v) is 8.55. The lowest BCUT2D eigenvalue weighted by atomic mass is 10.0. The number of morpholine rings is 1. The van der Waals surface area contributed by atoms with E-state index in [1.54, 1.807) is 35.4 Å². The molecule has 2 aromatic rings. The van der Waals surface area contributed by atoms with Gasteiger partial charge in [-0.15, -0.1) is 11.3 Å². The number of sulfonamides is 1. The zero-order chi connectivity index (χ0) is 24.2. The second-order valence-electron chi connectivity index (χ2n) is 8.46. The Morgan fingerprint density at radius 1 is 1.21 bits per heavy atom. The summed E-state index contributed by atoms with van der Waals surface area (Å²) in [5.74, 6) is -0.821. The molecule has 1 fully saturated rings. The molecule has 1 saturated heterocycles. The Kier molecular flexibility index (Phi) is 8.28.